The van der Waals surface area contributed by atoms with Crippen LogP contribution >= 0.6 is 11.8 Å². The zero-order valence-electron chi connectivity index (χ0n) is 20.4. The molecule has 0 saturated carbocycles. The van der Waals surface area contributed by atoms with Crippen molar-refractivity contribution in [1.82, 2.24) is 15.1 Å². The van der Waals surface area contributed by atoms with E-state index in [2.05, 4.69) is 19.2 Å². The van der Waals surface area contributed by atoms with Crippen LogP contribution < -0.4 is 11.1 Å². The van der Waals surface area contributed by atoms with Crippen molar-refractivity contribution in [2.75, 3.05) is 32.1 Å². The second kappa shape index (κ2) is 14.7. The lowest BCUT2D eigenvalue weighted by molar-refractivity contribution is -0.147. The van der Waals surface area contributed by atoms with Crippen molar-refractivity contribution >= 4 is 29.5 Å². The number of carbonyl (C=O) groups is 3. The largest absolute Gasteiger partial charge is 0.390 e. The van der Waals surface area contributed by atoms with Crippen LogP contribution in [0.2, 0.25) is 0 Å². The molecule has 0 heterocycles. The second-order valence-corrected chi connectivity index (χ2v) is 10.2. The van der Waals surface area contributed by atoms with E-state index in [1.165, 1.54) is 16.8 Å². The summed E-state index contributed by atoms with van der Waals surface area (Å²) in [7, 11) is 3.15. The van der Waals surface area contributed by atoms with Gasteiger partial charge in [-0.05, 0) is 45.4 Å². The Morgan fingerprint density at radius 2 is 1.71 bits per heavy atom. The van der Waals surface area contributed by atoms with Gasteiger partial charge in [-0.3, -0.25) is 14.4 Å². The van der Waals surface area contributed by atoms with Crippen molar-refractivity contribution in [3.05, 3.63) is 0 Å². The number of hydrogen-bond acceptors (Lipinski definition) is 6. The van der Waals surface area contributed by atoms with E-state index in [0.717, 1.165) is 25.1 Å². The van der Waals surface area contributed by atoms with Gasteiger partial charge in [0.1, 0.15) is 12.1 Å². The van der Waals surface area contributed by atoms with Gasteiger partial charge in [-0.25, -0.2) is 0 Å². The lowest BCUT2D eigenvalue weighted by Crippen LogP contribution is -2.56. The molecule has 0 aromatic heterocycles. The fourth-order valence-electron chi connectivity index (χ4n) is 3.12. The molecule has 0 bridgehead atoms. The van der Waals surface area contributed by atoms with Crippen LogP contribution in [-0.2, 0) is 14.4 Å². The van der Waals surface area contributed by atoms with Crippen LogP contribution in [0.3, 0.4) is 0 Å². The van der Waals surface area contributed by atoms with Crippen LogP contribution in [0.15, 0.2) is 0 Å². The van der Waals surface area contributed by atoms with E-state index in [1.54, 1.807) is 32.7 Å². The summed E-state index contributed by atoms with van der Waals surface area (Å²) in [4.78, 5) is 40.5. The summed E-state index contributed by atoms with van der Waals surface area (Å²) in [6.07, 6.45) is 3.14. The maximum absolute atomic E-state index is 13.3. The molecule has 0 aliphatic heterocycles. The molecular weight excluding hydrogens is 416 g/mol. The SMILES string of the molecule is CCCC(=O)N(C)[C@H](CSCCCCNC(C)C)C(=O)N(C)[C@@H](CC(C)(C)O)C(N)=O. The first-order chi connectivity index (χ1) is 14.3. The highest BCUT2D eigenvalue weighted by molar-refractivity contribution is 7.99. The lowest BCUT2D eigenvalue weighted by atomic mass is 9.97. The minimum Gasteiger partial charge on any atom is -0.390 e. The number of likely N-dealkylation sites (N-methyl/N-ethyl adjacent to an activating group) is 2. The molecule has 0 saturated heterocycles. The van der Waals surface area contributed by atoms with Gasteiger partial charge in [-0.1, -0.05) is 20.8 Å². The number of nitrogens with zero attached hydrogens (tertiary/aromatic N) is 2. The quantitative estimate of drug-likeness (QED) is 0.301. The predicted octanol–water partition coefficient (Wildman–Crippen LogP) is 1.60. The van der Waals surface area contributed by atoms with Gasteiger partial charge in [0.2, 0.25) is 17.7 Å². The number of hydrogen-bond donors (Lipinski definition) is 3. The maximum Gasteiger partial charge on any atom is 0.246 e. The summed E-state index contributed by atoms with van der Waals surface area (Å²) in [5.41, 5.74) is 4.36. The molecule has 4 N–H and O–H groups in total. The second-order valence-electron chi connectivity index (χ2n) is 9.05. The van der Waals surface area contributed by atoms with Gasteiger partial charge in [0.25, 0.3) is 0 Å². The van der Waals surface area contributed by atoms with Crippen molar-refractivity contribution in [2.24, 2.45) is 5.73 Å². The number of primary amides is 1. The molecule has 0 aromatic carbocycles. The van der Waals surface area contributed by atoms with Gasteiger partial charge < -0.3 is 26.0 Å². The van der Waals surface area contributed by atoms with Crippen molar-refractivity contribution in [3.8, 4) is 0 Å². The van der Waals surface area contributed by atoms with E-state index in [1.807, 2.05) is 6.92 Å². The molecule has 0 radical (unpaired) electrons. The summed E-state index contributed by atoms with van der Waals surface area (Å²) in [6, 6.07) is -1.17. The number of carbonyl (C=O) groups excluding carboxylic acids is 3. The van der Waals surface area contributed by atoms with Gasteiger partial charge in [0, 0.05) is 38.7 Å². The Bertz CT molecular complexity index is 566. The molecule has 8 nitrogen and oxygen atoms in total. The molecule has 0 unspecified atom stereocenters. The van der Waals surface area contributed by atoms with Crippen LogP contribution in [0.1, 0.15) is 66.7 Å². The topological polar surface area (TPSA) is 116 Å². The number of thioether (sulfide) groups is 1. The number of nitrogens with one attached hydrogen (secondary N) is 1. The number of amides is 3. The highest BCUT2D eigenvalue weighted by atomic mass is 32.2. The fraction of sp³-hybridized carbons (Fsp3) is 0.864. The Balaban J connectivity index is 5.18. The Morgan fingerprint density at radius 1 is 1.10 bits per heavy atom. The zero-order valence-corrected chi connectivity index (χ0v) is 21.3. The number of aliphatic hydroxyl groups is 1. The molecule has 3 amide bonds. The maximum atomic E-state index is 13.3. The van der Waals surface area contributed by atoms with E-state index >= 15 is 0 Å². The summed E-state index contributed by atoms with van der Waals surface area (Å²) >= 11 is 1.63. The van der Waals surface area contributed by atoms with Gasteiger partial charge in [0.05, 0.1) is 5.60 Å². The number of rotatable bonds is 16. The summed E-state index contributed by atoms with van der Waals surface area (Å²) in [5, 5.41) is 13.5. The van der Waals surface area contributed by atoms with Gasteiger partial charge in [-0.15, -0.1) is 0 Å². The smallest absolute Gasteiger partial charge is 0.246 e. The van der Waals surface area contributed by atoms with Crippen LogP contribution in [-0.4, -0.2) is 88.5 Å². The molecule has 0 aromatic rings. The average Bonchev–Trinajstić information content (AvgIpc) is 2.65. The van der Waals surface area contributed by atoms with Crippen molar-refractivity contribution < 1.29 is 19.5 Å². The first-order valence-electron chi connectivity index (χ1n) is 11.2. The lowest BCUT2D eigenvalue weighted by Gasteiger charge is -2.35. The molecule has 9 heteroatoms. The van der Waals surface area contributed by atoms with Crippen molar-refractivity contribution in [2.45, 2.75) is 90.4 Å². The third-order valence-corrected chi connectivity index (χ3v) is 6.12. The van der Waals surface area contributed by atoms with Gasteiger partial charge >= 0.3 is 0 Å². The predicted molar refractivity (Wildman–Crippen MR) is 128 cm³/mol. The van der Waals surface area contributed by atoms with E-state index in [4.69, 9.17) is 5.73 Å². The molecule has 0 rings (SSSR count). The molecule has 31 heavy (non-hydrogen) atoms. The van der Waals surface area contributed by atoms with E-state index in [-0.39, 0.29) is 18.2 Å². The van der Waals surface area contributed by atoms with Gasteiger partial charge in [-0.2, -0.15) is 11.8 Å². The third-order valence-electron chi connectivity index (χ3n) is 4.99. The molecule has 182 valence electrons. The minimum absolute atomic E-state index is 0.0277. The van der Waals surface area contributed by atoms with Crippen molar-refractivity contribution in [1.29, 1.82) is 0 Å². The first-order valence-corrected chi connectivity index (χ1v) is 12.3. The zero-order chi connectivity index (χ0) is 24.2. The van der Waals surface area contributed by atoms with Crippen LogP contribution in [0, 0.1) is 0 Å². The summed E-state index contributed by atoms with van der Waals surface area (Å²) in [6.45, 7) is 10.2. The average molecular weight is 461 g/mol. The molecule has 0 aliphatic rings. The molecule has 2 atom stereocenters. The summed E-state index contributed by atoms with van der Waals surface area (Å²) in [5.74, 6) is 0.208. The van der Waals surface area contributed by atoms with Crippen LogP contribution in [0.4, 0.5) is 0 Å². The highest BCUT2D eigenvalue weighted by Crippen LogP contribution is 2.19. The summed E-state index contributed by atoms with van der Waals surface area (Å²) < 4.78 is 0. The molecule has 0 spiro atoms. The molecule has 0 fully saturated rings. The van der Waals surface area contributed by atoms with Crippen LogP contribution in [0.25, 0.3) is 0 Å². The minimum atomic E-state index is -1.16. The van der Waals surface area contributed by atoms with E-state index in [0.29, 0.717) is 24.6 Å². The number of unbranched alkanes of at least 4 members (excludes halogenated alkanes) is 1. The van der Waals surface area contributed by atoms with Crippen LogP contribution in [0.5, 0.6) is 0 Å². The van der Waals surface area contributed by atoms with Gasteiger partial charge in [0.15, 0.2) is 0 Å². The monoisotopic (exact) mass is 460 g/mol. The van der Waals surface area contributed by atoms with E-state index < -0.39 is 23.6 Å². The first kappa shape index (κ1) is 29.7. The highest BCUT2D eigenvalue weighted by Gasteiger charge is 2.36. The Kier molecular flexibility index (Phi) is 14.1. The number of nitrogens with two attached hydrogens (primary N) is 1. The third kappa shape index (κ3) is 12.3. The Labute approximate surface area is 192 Å². The Hall–Kier alpha value is -1.32. The van der Waals surface area contributed by atoms with Crippen molar-refractivity contribution in [3.63, 3.8) is 0 Å². The standard InChI is InChI=1S/C22H44N4O4S/c1-8-11-19(27)25(6)18(15-31-13-10-9-12-24-16(2)3)21(29)26(7)17(20(23)28)14-22(4,5)30/h16-18,24,30H,8-15H2,1-7H3,(H2,23,28)/t17-,18+/m0/s1. The Morgan fingerprint density at radius 3 is 2.19 bits per heavy atom. The van der Waals surface area contributed by atoms with E-state index in [9.17, 15) is 19.5 Å². The molecular formula is C22H44N4O4S. The molecule has 0 aliphatic carbocycles. The normalized spacial score (nSPS) is 13.7. The fourth-order valence-corrected chi connectivity index (χ4v) is 4.28.